The summed E-state index contributed by atoms with van der Waals surface area (Å²) < 4.78 is 7.34. The predicted octanol–water partition coefficient (Wildman–Crippen LogP) is -0.161. The van der Waals surface area contributed by atoms with Crippen molar-refractivity contribution in [2.75, 3.05) is 26.7 Å². The van der Waals surface area contributed by atoms with Crippen LogP contribution in [0.4, 0.5) is 0 Å². The van der Waals surface area contributed by atoms with Crippen molar-refractivity contribution in [3.63, 3.8) is 0 Å². The molecule has 1 N–H and O–H groups in total. The van der Waals surface area contributed by atoms with Crippen LogP contribution in [0.25, 0.3) is 0 Å². The van der Waals surface area contributed by atoms with E-state index in [4.69, 9.17) is 9.84 Å². The number of carboxylic acids is 1. The average molecular weight is 225 g/mol. The number of methoxy groups -OCH3 is 1. The number of carboxylic acid groups (broad SMARTS) is 1. The number of rotatable bonds is 4. The van der Waals surface area contributed by atoms with Gasteiger partial charge in [0.05, 0.1) is 25.0 Å². The Kier molecular flexibility index (Phi) is 3.21. The fraction of sp³-hybridized carbons (Fsp3) is 0.600. The molecule has 2 rings (SSSR count). The predicted molar refractivity (Wildman–Crippen MR) is 56.1 cm³/mol. The summed E-state index contributed by atoms with van der Waals surface area (Å²) >= 11 is 0. The smallest absolute Gasteiger partial charge is 0.317 e. The maximum Gasteiger partial charge on any atom is 0.317 e. The van der Waals surface area contributed by atoms with E-state index in [0.29, 0.717) is 13.1 Å². The van der Waals surface area contributed by atoms with Gasteiger partial charge in [-0.1, -0.05) is 0 Å². The molecule has 1 aromatic rings. The van der Waals surface area contributed by atoms with Crippen molar-refractivity contribution >= 4 is 5.97 Å². The standard InChI is InChI=1S/C10H15N3O3/c1-16-9-5-12(6-10(14)15)4-8(9)13-3-2-11-7-13/h2-3,7-9H,4-6H2,1H3,(H,14,15)/t8-,9+/m0/s1. The molecule has 0 saturated carbocycles. The number of carbonyl (C=O) groups is 1. The van der Waals surface area contributed by atoms with Crippen molar-refractivity contribution in [1.29, 1.82) is 0 Å². The van der Waals surface area contributed by atoms with Crippen molar-refractivity contribution < 1.29 is 14.6 Å². The maximum atomic E-state index is 10.6. The maximum absolute atomic E-state index is 10.6. The summed E-state index contributed by atoms with van der Waals surface area (Å²) in [5.41, 5.74) is 0. The van der Waals surface area contributed by atoms with Gasteiger partial charge in [-0.05, 0) is 0 Å². The lowest BCUT2D eigenvalue weighted by Crippen LogP contribution is -2.28. The summed E-state index contributed by atoms with van der Waals surface area (Å²) in [5.74, 6) is -0.805. The van der Waals surface area contributed by atoms with Crippen LogP contribution in [0.5, 0.6) is 0 Å². The molecule has 16 heavy (non-hydrogen) atoms. The third kappa shape index (κ3) is 2.23. The van der Waals surface area contributed by atoms with Gasteiger partial charge in [-0.2, -0.15) is 0 Å². The fourth-order valence-corrected chi connectivity index (χ4v) is 2.14. The zero-order valence-corrected chi connectivity index (χ0v) is 9.11. The third-order valence-electron chi connectivity index (χ3n) is 2.88. The number of hydrogen-bond acceptors (Lipinski definition) is 4. The average Bonchev–Trinajstić information content (AvgIpc) is 2.83. The summed E-state index contributed by atoms with van der Waals surface area (Å²) in [5, 5.41) is 8.75. The second-order valence-corrected chi connectivity index (χ2v) is 3.94. The van der Waals surface area contributed by atoms with Crippen molar-refractivity contribution in [3.8, 4) is 0 Å². The van der Waals surface area contributed by atoms with Crippen LogP contribution >= 0.6 is 0 Å². The van der Waals surface area contributed by atoms with Gasteiger partial charge in [0.25, 0.3) is 0 Å². The molecule has 1 fully saturated rings. The van der Waals surface area contributed by atoms with Crippen LogP contribution in [0.2, 0.25) is 0 Å². The topological polar surface area (TPSA) is 67.6 Å². The molecule has 0 aromatic carbocycles. The monoisotopic (exact) mass is 225 g/mol. The molecule has 2 heterocycles. The fourth-order valence-electron chi connectivity index (χ4n) is 2.14. The molecule has 6 nitrogen and oxygen atoms in total. The van der Waals surface area contributed by atoms with Crippen molar-refractivity contribution in [1.82, 2.24) is 14.5 Å². The van der Waals surface area contributed by atoms with Crippen molar-refractivity contribution in [3.05, 3.63) is 18.7 Å². The number of ether oxygens (including phenoxy) is 1. The highest BCUT2D eigenvalue weighted by Gasteiger charge is 2.34. The van der Waals surface area contributed by atoms with Gasteiger partial charge in [0, 0.05) is 32.6 Å². The van der Waals surface area contributed by atoms with Gasteiger partial charge in [0.15, 0.2) is 0 Å². The first kappa shape index (κ1) is 11.1. The van der Waals surface area contributed by atoms with Crippen LogP contribution in [0, 0.1) is 0 Å². The van der Waals surface area contributed by atoms with E-state index in [9.17, 15) is 4.79 Å². The summed E-state index contributed by atoms with van der Waals surface area (Å²) in [6.45, 7) is 1.39. The van der Waals surface area contributed by atoms with E-state index in [-0.39, 0.29) is 18.7 Å². The second-order valence-electron chi connectivity index (χ2n) is 3.94. The van der Waals surface area contributed by atoms with Crippen LogP contribution in [0.15, 0.2) is 18.7 Å². The SMILES string of the molecule is CO[C@@H]1CN(CC(=O)O)C[C@@H]1n1ccnc1. The Labute approximate surface area is 93.4 Å². The molecule has 0 spiro atoms. The van der Waals surface area contributed by atoms with Crippen LogP contribution in [0.1, 0.15) is 6.04 Å². The van der Waals surface area contributed by atoms with Gasteiger partial charge in [-0.25, -0.2) is 4.98 Å². The van der Waals surface area contributed by atoms with E-state index in [0.717, 1.165) is 0 Å². The molecule has 1 saturated heterocycles. The minimum atomic E-state index is -0.805. The Morgan fingerprint density at radius 1 is 1.62 bits per heavy atom. The molecule has 6 heteroatoms. The van der Waals surface area contributed by atoms with E-state index >= 15 is 0 Å². The van der Waals surface area contributed by atoms with Crippen LogP contribution < -0.4 is 0 Å². The molecule has 0 unspecified atom stereocenters. The Balaban J connectivity index is 2.05. The molecule has 2 atom stereocenters. The molecular formula is C10H15N3O3. The molecule has 0 aliphatic carbocycles. The van der Waals surface area contributed by atoms with Gasteiger partial charge in [-0.3, -0.25) is 9.69 Å². The number of imidazole rings is 1. The van der Waals surface area contributed by atoms with Gasteiger partial charge >= 0.3 is 5.97 Å². The van der Waals surface area contributed by atoms with Gasteiger partial charge in [0.1, 0.15) is 0 Å². The molecular weight excluding hydrogens is 210 g/mol. The Bertz CT molecular complexity index is 352. The van der Waals surface area contributed by atoms with Gasteiger partial charge < -0.3 is 14.4 Å². The summed E-state index contributed by atoms with van der Waals surface area (Å²) in [4.78, 5) is 16.5. The first-order valence-electron chi connectivity index (χ1n) is 5.15. The highest BCUT2D eigenvalue weighted by atomic mass is 16.5. The number of aromatic nitrogens is 2. The molecule has 0 bridgehead atoms. The lowest BCUT2D eigenvalue weighted by molar-refractivity contribution is -0.138. The Morgan fingerprint density at radius 3 is 3.00 bits per heavy atom. The van der Waals surface area contributed by atoms with E-state index in [1.54, 1.807) is 19.6 Å². The highest BCUT2D eigenvalue weighted by molar-refractivity contribution is 5.69. The Morgan fingerprint density at radius 2 is 2.44 bits per heavy atom. The zero-order valence-electron chi connectivity index (χ0n) is 9.11. The van der Waals surface area contributed by atoms with Crippen molar-refractivity contribution in [2.45, 2.75) is 12.1 Å². The first-order chi connectivity index (χ1) is 7.70. The van der Waals surface area contributed by atoms with Crippen LogP contribution in [0.3, 0.4) is 0 Å². The Hall–Kier alpha value is -1.40. The van der Waals surface area contributed by atoms with E-state index in [1.807, 2.05) is 15.7 Å². The minimum Gasteiger partial charge on any atom is -0.480 e. The van der Waals surface area contributed by atoms with E-state index < -0.39 is 5.97 Å². The molecule has 88 valence electrons. The molecule has 1 aliphatic heterocycles. The highest BCUT2D eigenvalue weighted by Crippen LogP contribution is 2.23. The van der Waals surface area contributed by atoms with Crippen LogP contribution in [-0.2, 0) is 9.53 Å². The third-order valence-corrected chi connectivity index (χ3v) is 2.88. The second kappa shape index (κ2) is 4.63. The van der Waals surface area contributed by atoms with Crippen molar-refractivity contribution in [2.24, 2.45) is 0 Å². The summed E-state index contributed by atoms with van der Waals surface area (Å²) in [7, 11) is 1.65. The summed E-state index contributed by atoms with van der Waals surface area (Å²) in [6.07, 6.45) is 5.35. The van der Waals surface area contributed by atoms with Crippen LogP contribution in [-0.4, -0.2) is 58.4 Å². The number of likely N-dealkylation sites (tertiary alicyclic amines) is 1. The zero-order chi connectivity index (χ0) is 11.5. The van der Waals surface area contributed by atoms with E-state index in [1.165, 1.54) is 0 Å². The van der Waals surface area contributed by atoms with Gasteiger partial charge in [-0.15, -0.1) is 0 Å². The minimum absolute atomic E-state index is 0.0218. The lowest BCUT2D eigenvalue weighted by Gasteiger charge is -2.17. The summed E-state index contributed by atoms with van der Waals surface area (Å²) in [6, 6.07) is 0.145. The quantitative estimate of drug-likeness (QED) is 0.771. The van der Waals surface area contributed by atoms with Gasteiger partial charge in [0.2, 0.25) is 0 Å². The largest absolute Gasteiger partial charge is 0.480 e. The lowest BCUT2D eigenvalue weighted by atomic mass is 10.2. The number of aliphatic carboxylic acids is 1. The van der Waals surface area contributed by atoms with E-state index in [2.05, 4.69) is 4.98 Å². The number of hydrogen-bond donors (Lipinski definition) is 1. The normalized spacial score (nSPS) is 26.1. The first-order valence-corrected chi connectivity index (χ1v) is 5.15. The molecule has 0 radical (unpaired) electrons. The molecule has 0 amide bonds. The molecule has 1 aliphatic rings. The molecule has 1 aromatic heterocycles. The number of nitrogens with zero attached hydrogens (tertiary/aromatic N) is 3.